The van der Waals surface area contributed by atoms with Gasteiger partial charge < -0.3 is 4.74 Å². The quantitative estimate of drug-likeness (QED) is 0.538. The summed E-state index contributed by atoms with van der Waals surface area (Å²) in [6.07, 6.45) is 1.22. The van der Waals surface area contributed by atoms with Crippen LogP contribution < -0.4 is 4.74 Å². The van der Waals surface area contributed by atoms with Gasteiger partial charge in [0.2, 0.25) is 5.88 Å². The van der Waals surface area contributed by atoms with Crippen LogP contribution in [0.2, 0.25) is 0 Å². The zero-order chi connectivity index (χ0) is 8.97. The van der Waals surface area contributed by atoms with Crippen molar-refractivity contribution in [2.75, 3.05) is 7.11 Å². The van der Waals surface area contributed by atoms with Gasteiger partial charge >= 0.3 is 0 Å². The molecule has 0 atom stereocenters. The summed E-state index contributed by atoms with van der Waals surface area (Å²) in [6, 6.07) is 1.56. The number of aromatic nitrogens is 2. The summed E-state index contributed by atoms with van der Waals surface area (Å²) in [7, 11) is 1.47. The van der Waals surface area contributed by atoms with Crippen LogP contribution in [0.1, 0.15) is 5.56 Å². The second-order valence-electron chi connectivity index (χ2n) is 1.93. The van der Waals surface area contributed by atoms with Gasteiger partial charge in [0, 0.05) is 17.7 Å². The van der Waals surface area contributed by atoms with Gasteiger partial charge in [-0.05, 0) is 0 Å². The predicted octanol–water partition coefficient (Wildman–Crippen LogP) is 0.619. The molecule has 0 aliphatic carbocycles. The van der Waals surface area contributed by atoms with E-state index in [1.54, 1.807) is 12.0 Å². The maximum atomic E-state index is 10.0. The number of rotatable bonds is 2. The third-order valence-corrected chi connectivity index (χ3v) is 1.55. The number of nitrogens with zero attached hydrogens (tertiary/aromatic N) is 2. The first kappa shape index (κ1) is 8.77. The lowest BCUT2D eigenvalue weighted by Gasteiger charge is -1.99. The monoisotopic (exact) mass is 182 g/mol. The van der Waals surface area contributed by atoms with E-state index in [0.717, 1.165) is 0 Å². The molecule has 1 aromatic heterocycles. The summed E-state index contributed by atoms with van der Waals surface area (Å²) in [5.74, 6) is 1.97. The lowest BCUT2D eigenvalue weighted by atomic mass is 10.3. The molecule has 0 spiro atoms. The molecule has 62 valence electrons. The van der Waals surface area contributed by atoms with E-state index in [0.29, 0.717) is 16.5 Å². The van der Waals surface area contributed by atoms with Crippen molar-refractivity contribution in [3.8, 4) is 5.88 Å². The Kier molecular flexibility index (Phi) is 2.85. The zero-order valence-electron chi connectivity index (χ0n) is 6.31. The average molecular weight is 182 g/mol. The van der Waals surface area contributed by atoms with Gasteiger partial charge in [-0.3, -0.25) is 0 Å². The van der Waals surface area contributed by atoms with Crippen molar-refractivity contribution in [3.63, 3.8) is 0 Å². The van der Waals surface area contributed by atoms with Crippen LogP contribution in [0.5, 0.6) is 5.88 Å². The number of carbonyl (C=O) groups excluding carboxylic acids is 1. The van der Waals surface area contributed by atoms with Crippen LogP contribution in [0.4, 0.5) is 0 Å². The Balaban J connectivity index is 3.16. The summed E-state index contributed by atoms with van der Waals surface area (Å²) in [6.45, 7) is 0. The molecular formula is C7H6N2O2S. The standard InChI is InChI=1S/C7H6N2O2S/c1-11-6-4-5(2-3-10)7(12)9-8-6/h2,4H,1H3,(H,9,12). The van der Waals surface area contributed by atoms with Crippen LogP contribution in [-0.4, -0.2) is 23.2 Å². The lowest BCUT2D eigenvalue weighted by molar-refractivity contribution is 0.390. The summed E-state index contributed by atoms with van der Waals surface area (Å²) >= 11 is 3.98. The van der Waals surface area contributed by atoms with Crippen molar-refractivity contribution in [2.45, 2.75) is 5.03 Å². The molecule has 0 N–H and O–H groups in total. The molecule has 0 saturated heterocycles. The van der Waals surface area contributed by atoms with Crippen LogP contribution in [0, 0.1) is 0 Å². The highest BCUT2D eigenvalue weighted by Gasteiger charge is 2.00. The van der Waals surface area contributed by atoms with Crippen LogP contribution in [0.15, 0.2) is 11.1 Å². The second-order valence-corrected chi connectivity index (χ2v) is 2.35. The molecule has 0 aromatic carbocycles. The Hall–Kier alpha value is -1.32. The first-order chi connectivity index (χ1) is 5.77. The van der Waals surface area contributed by atoms with Gasteiger partial charge in [0.1, 0.15) is 11.0 Å². The van der Waals surface area contributed by atoms with Gasteiger partial charge in [0.15, 0.2) is 0 Å². The molecule has 0 saturated carbocycles. The summed E-state index contributed by atoms with van der Waals surface area (Å²) < 4.78 is 4.80. The summed E-state index contributed by atoms with van der Waals surface area (Å²) in [4.78, 5) is 10.0. The van der Waals surface area contributed by atoms with Crippen LogP contribution in [-0.2, 0) is 4.79 Å². The Morgan fingerprint density at radius 1 is 1.67 bits per heavy atom. The number of hydrogen-bond acceptors (Lipinski definition) is 5. The predicted molar refractivity (Wildman–Crippen MR) is 46.0 cm³/mol. The van der Waals surface area contributed by atoms with Gasteiger partial charge in [0.25, 0.3) is 0 Å². The fourth-order valence-electron chi connectivity index (χ4n) is 0.650. The highest BCUT2D eigenvalue weighted by atomic mass is 32.1. The summed E-state index contributed by atoms with van der Waals surface area (Å²) in [5, 5.41) is 7.66. The normalized spacial score (nSPS) is 8.83. The average Bonchev–Trinajstić information content (AvgIpc) is 2.09. The number of methoxy groups -OCH3 is 1. The van der Waals surface area contributed by atoms with E-state index >= 15 is 0 Å². The van der Waals surface area contributed by atoms with Crippen LogP contribution in [0.3, 0.4) is 0 Å². The van der Waals surface area contributed by atoms with E-state index in [1.807, 2.05) is 0 Å². The number of hydrogen-bond donors (Lipinski definition) is 1. The minimum Gasteiger partial charge on any atom is -0.480 e. The fourth-order valence-corrected chi connectivity index (χ4v) is 0.824. The van der Waals surface area contributed by atoms with E-state index in [2.05, 4.69) is 22.8 Å². The van der Waals surface area contributed by atoms with Gasteiger partial charge in [-0.1, -0.05) is 0 Å². The number of ether oxygens (including phenoxy) is 1. The van der Waals surface area contributed by atoms with Crippen molar-refractivity contribution in [2.24, 2.45) is 0 Å². The summed E-state index contributed by atoms with van der Waals surface area (Å²) in [5.41, 5.74) is 0.542. The van der Waals surface area contributed by atoms with E-state index < -0.39 is 0 Å². The topological polar surface area (TPSA) is 52.1 Å². The van der Waals surface area contributed by atoms with Crippen LogP contribution >= 0.6 is 12.6 Å². The fraction of sp³-hybridized carbons (Fsp3) is 0.143. The van der Waals surface area contributed by atoms with E-state index in [-0.39, 0.29) is 0 Å². The first-order valence-corrected chi connectivity index (χ1v) is 3.54. The Morgan fingerprint density at radius 2 is 2.42 bits per heavy atom. The third-order valence-electron chi connectivity index (χ3n) is 1.20. The molecule has 1 heterocycles. The molecule has 0 amide bonds. The molecule has 1 rings (SSSR count). The molecule has 0 unspecified atom stereocenters. The molecule has 1 aromatic rings. The molecule has 0 bridgehead atoms. The number of thiol groups is 1. The van der Waals surface area contributed by atoms with Gasteiger partial charge in [-0.2, -0.15) is 0 Å². The SMILES string of the molecule is COc1cc(C=C=O)c(S)nn1. The highest BCUT2D eigenvalue weighted by Crippen LogP contribution is 2.14. The smallest absolute Gasteiger partial charge is 0.233 e. The van der Waals surface area contributed by atoms with Crippen molar-refractivity contribution in [3.05, 3.63) is 11.6 Å². The minimum absolute atomic E-state index is 0.342. The maximum Gasteiger partial charge on any atom is 0.233 e. The molecule has 0 radical (unpaired) electrons. The van der Waals surface area contributed by atoms with Gasteiger partial charge in [0.05, 0.1) is 7.11 Å². The Labute approximate surface area is 74.7 Å². The second kappa shape index (κ2) is 3.90. The Bertz CT molecular complexity index is 334. The largest absolute Gasteiger partial charge is 0.480 e. The van der Waals surface area contributed by atoms with Crippen LogP contribution in [0.25, 0.3) is 6.08 Å². The minimum atomic E-state index is 0.342. The van der Waals surface area contributed by atoms with Crippen molar-refractivity contribution >= 4 is 24.6 Å². The molecule has 5 heteroatoms. The Morgan fingerprint density at radius 3 is 3.00 bits per heavy atom. The van der Waals surface area contributed by atoms with E-state index in [4.69, 9.17) is 4.74 Å². The molecular weight excluding hydrogens is 176 g/mol. The van der Waals surface area contributed by atoms with E-state index in [9.17, 15) is 4.79 Å². The molecule has 4 nitrogen and oxygen atoms in total. The van der Waals surface area contributed by atoms with Gasteiger partial charge in [-0.25, -0.2) is 4.79 Å². The molecule has 12 heavy (non-hydrogen) atoms. The highest BCUT2D eigenvalue weighted by molar-refractivity contribution is 7.80. The van der Waals surface area contributed by atoms with Crippen molar-refractivity contribution in [1.29, 1.82) is 0 Å². The molecule has 0 aliphatic heterocycles. The molecule has 0 fully saturated rings. The maximum absolute atomic E-state index is 10.0. The van der Waals surface area contributed by atoms with E-state index in [1.165, 1.54) is 13.2 Å². The molecule has 0 aliphatic rings. The zero-order valence-corrected chi connectivity index (χ0v) is 7.21. The van der Waals surface area contributed by atoms with Crippen molar-refractivity contribution < 1.29 is 9.53 Å². The third kappa shape index (κ3) is 1.84. The van der Waals surface area contributed by atoms with Gasteiger partial charge in [-0.15, -0.1) is 22.8 Å². The van der Waals surface area contributed by atoms with Crippen molar-refractivity contribution in [1.82, 2.24) is 10.2 Å². The first-order valence-electron chi connectivity index (χ1n) is 3.09. The lowest BCUT2D eigenvalue weighted by Crippen LogP contribution is -1.92.